The molecule has 3 heteroatoms. The Balaban J connectivity index is 2.48. The number of fused-ring (bicyclic) bond motifs is 1. The summed E-state index contributed by atoms with van der Waals surface area (Å²) in [5, 5.41) is 0.906. The van der Waals surface area contributed by atoms with Crippen LogP contribution in [0.5, 0.6) is 5.75 Å². The standard InChI is InChI=1S/C12H13NO2/c1-8(2)15-10-3-4-12-11(5-10)9(7-14)6-13-12/h3-8,13H,1-2H3. The second-order valence-corrected chi connectivity index (χ2v) is 3.74. The molecule has 0 atom stereocenters. The van der Waals surface area contributed by atoms with E-state index in [1.165, 1.54) is 0 Å². The molecule has 1 heterocycles. The maximum absolute atomic E-state index is 10.8. The molecule has 0 fully saturated rings. The number of hydrogen-bond acceptors (Lipinski definition) is 2. The fraction of sp³-hybridized carbons (Fsp3) is 0.250. The van der Waals surface area contributed by atoms with E-state index >= 15 is 0 Å². The predicted molar refractivity (Wildman–Crippen MR) is 59.5 cm³/mol. The Kier molecular flexibility index (Phi) is 2.46. The van der Waals surface area contributed by atoms with Gasteiger partial charge in [-0.3, -0.25) is 4.79 Å². The molecule has 3 nitrogen and oxygen atoms in total. The molecule has 15 heavy (non-hydrogen) atoms. The molecule has 0 radical (unpaired) electrons. The Morgan fingerprint density at radius 3 is 2.87 bits per heavy atom. The number of aromatic nitrogens is 1. The molecule has 0 aliphatic carbocycles. The van der Waals surface area contributed by atoms with Gasteiger partial charge in [0, 0.05) is 22.7 Å². The van der Waals surface area contributed by atoms with Gasteiger partial charge < -0.3 is 9.72 Å². The molecule has 0 amide bonds. The smallest absolute Gasteiger partial charge is 0.152 e. The zero-order chi connectivity index (χ0) is 10.8. The van der Waals surface area contributed by atoms with Crippen molar-refractivity contribution < 1.29 is 9.53 Å². The van der Waals surface area contributed by atoms with Gasteiger partial charge in [-0.05, 0) is 32.0 Å². The van der Waals surface area contributed by atoms with Gasteiger partial charge in [0.1, 0.15) is 5.75 Å². The minimum atomic E-state index is 0.140. The summed E-state index contributed by atoms with van der Waals surface area (Å²) >= 11 is 0. The highest BCUT2D eigenvalue weighted by Gasteiger charge is 2.04. The molecule has 0 spiro atoms. The number of hydrogen-bond donors (Lipinski definition) is 1. The van der Waals surface area contributed by atoms with Gasteiger partial charge in [0.05, 0.1) is 6.10 Å². The van der Waals surface area contributed by atoms with Crippen molar-refractivity contribution in [3.63, 3.8) is 0 Å². The number of benzene rings is 1. The molecule has 1 aromatic heterocycles. The SMILES string of the molecule is CC(C)Oc1ccc2[nH]cc(C=O)c2c1. The topological polar surface area (TPSA) is 42.1 Å². The van der Waals surface area contributed by atoms with Crippen molar-refractivity contribution in [1.29, 1.82) is 0 Å². The van der Waals surface area contributed by atoms with Gasteiger partial charge in [-0.2, -0.15) is 0 Å². The Hall–Kier alpha value is -1.77. The van der Waals surface area contributed by atoms with Crippen LogP contribution in [0.25, 0.3) is 10.9 Å². The Labute approximate surface area is 88.1 Å². The number of H-pyrrole nitrogens is 1. The summed E-state index contributed by atoms with van der Waals surface area (Å²) < 4.78 is 5.56. The lowest BCUT2D eigenvalue weighted by Gasteiger charge is -2.09. The van der Waals surface area contributed by atoms with Crippen LogP contribution in [0.15, 0.2) is 24.4 Å². The van der Waals surface area contributed by atoms with Crippen LogP contribution in [0.2, 0.25) is 0 Å². The highest BCUT2D eigenvalue weighted by molar-refractivity contribution is 5.97. The predicted octanol–water partition coefficient (Wildman–Crippen LogP) is 2.77. The molecule has 78 valence electrons. The second kappa shape index (κ2) is 3.77. The summed E-state index contributed by atoms with van der Waals surface area (Å²) in [5.41, 5.74) is 1.62. The molecule has 0 unspecified atom stereocenters. The van der Waals surface area contributed by atoms with Crippen molar-refractivity contribution in [2.45, 2.75) is 20.0 Å². The lowest BCUT2D eigenvalue weighted by Crippen LogP contribution is -2.05. The van der Waals surface area contributed by atoms with E-state index in [0.717, 1.165) is 22.9 Å². The summed E-state index contributed by atoms with van der Waals surface area (Å²) in [5.74, 6) is 0.792. The summed E-state index contributed by atoms with van der Waals surface area (Å²) in [6.07, 6.45) is 2.69. The van der Waals surface area contributed by atoms with Crippen molar-refractivity contribution in [3.8, 4) is 5.75 Å². The van der Waals surface area contributed by atoms with Gasteiger partial charge >= 0.3 is 0 Å². The van der Waals surface area contributed by atoms with Crippen molar-refractivity contribution in [1.82, 2.24) is 4.98 Å². The van der Waals surface area contributed by atoms with Crippen LogP contribution in [-0.4, -0.2) is 17.4 Å². The van der Waals surface area contributed by atoms with Gasteiger partial charge in [0.15, 0.2) is 6.29 Å². The minimum Gasteiger partial charge on any atom is -0.491 e. The van der Waals surface area contributed by atoms with Crippen LogP contribution in [0.3, 0.4) is 0 Å². The van der Waals surface area contributed by atoms with E-state index in [2.05, 4.69) is 4.98 Å². The Bertz CT molecular complexity index is 485. The van der Waals surface area contributed by atoms with E-state index in [4.69, 9.17) is 4.74 Å². The summed E-state index contributed by atoms with van der Waals surface area (Å²) in [4.78, 5) is 13.8. The fourth-order valence-electron chi connectivity index (χ4n) is 1.56. The number of carbonyl (C=O) groups is 1. The largest absolute Gasteiger partial charge is 0.491 e. The van der Waals surface area contributed by atoms with E-state index in [-0.39, 0.29) is 6.10 Å². The quantitative estimate of drug-likeness (QED) is 0.779. The number of aldehydes is 1. The third-order valence-electron chi connectivity index (χ3n) is 2.18. The number of carbonyl (C=O) groups excluding carboxylic acids is 1. The normalized spacial score (nSPS) is 10.9. The third-order valence-corrected chi connectivity index (χ3v) is 2.18. The molecule has 1 N–H and O–H groups in total. The lowest BCUT2D eigenvalue weighted by atomic mass is 10.2. The molecule has 2 aromatic rings. The first-order valence-electron chi connectivity index (χ1n) is 4.93. The van der Waals surface area contributed by atoms with E-state index in [1.807, 2.05) is 32.0 Å². The molecule has 2 rings (SSSR count). The number of nitrogens with one attached hydrogen (secondary N) is 1. The summed E-state index contributed by atoms with van der Waals surface area (Å²) in [6.45, 7) is 3.95. The second-order valence-electron chi connectivity index (χ2n) is 3.74. The Morgan fingerprint density at radius 2 is 2.20 bits per heavy atom. The minimum absolute atomic E-state index is 0.140. The monoisotopic (exact) mass is 203 g/mol. The maximum Gasteiger partial charge on any atom is 0.152 e. The van der Waals surface area contributed by atoms with Crippen LogP contribution >= 0.6 is 0 Å². The van der Waals surface area contributed by atoms with Crippen molar-refractivity contribution in [2.75, 3.05) is 0 Å². The molecule has 0 saturated heterocycles. The van der Waals surface area contributed by atoms with Crippen LogP contribution in [-0.2, 0) is 0 Å². The van der Waals surface area contributed by atoms with Crippen LogP contribution in [0, 0.1) is 0 Å². The lowest BCUT2D eigenvalue weighted by molar-refractivity contribution is 0.112. The fourth-order valence-corrected chi connectivity index (χ4v) is 1.56. The van der Waals surface area contributed by atoms with Gasteiger partial charge in [-0.25, -0.2) is 0 Å². The van der Waals surface area contributed by atoms with Crippen molar-refractivity contribution >= 4 is 17.2 Å². The van der Waals surface area contributed by atoms with E-state index in [9.17, 15) is 4.79 Å². The average molecular weight is 203 g/mol. The maximum atomic E-state index is 10.8. The van der Waals surface area contributed by atoms with Gasteiger partial charge in [0.25, 0.3) is 0 Å². The Morgan fingerprint density at radius 1 is 1.40 bits per heavy atom. The summed E-state index contributed by atoms with van der Waals surface area (Å²) in [6, 6.07) is 5.70. The van der Waals surface area contributed by atoms with Crippen LogP contribution < -0.4 is 4.74 Å². The highest BCUT2D eigenvalue weighted by Crippen LogP contribution is 2.23. The zero-order valence-electron chi connectivity index (χ0n) is 8.78. The highest BCUT2D eigenvalue weighted by atomic mass is 16.5. The zero-order valence-corrected chi connectivity index (χ0v) is 8.78. The van der Waals surface area contributed by atoms with Crippen LogP contribution in [0.4, 0.5) is 0 Å². The van der Waals surface area contributed by atoms with Crippen molar-refractivity contribution in [3.05, 3.63) is 30.0 Å². The molecular weight excluding hydrogens is 190 g/mol. The molecule has 1 aromatic carbocycles. The van der Waals surface area contributed by atoms with Crippen molar-refractivity contribution in [2.24, 2.45) is 0 Å². The van der Waals surface area contributed by atoms with Gasteiger partial charge in [-0.15, -0.1) is 0 Å². The van der Waals surface area contributed by atoms with E-state index in [1.54, 1.807) is 6.20 Å². The van der Waals surface area contributed by atoms with E-state index < -0.39 is 0 Å². The number of ether oxygens (including phenoxy) is 1. The molecule has 0 aliphatic rings. The molecule has 0 saturated carbocycles. The third kappa shape index (κ3) is 1.86. The summed E-state index contributed by atoms with van der Waals surface area (Å²) in [7, 11) is 0. The first kappa shape index (κ1) is 9.77. The van der Waals surface area contributed by atoms with Gasteiger partial charge in [-0.1, -0.05) is 0 Å². The first-order chi connectivity index (χ1) is 7.20. The molecular formula is C12H13NO2. The molecule has 0 bridgehead atoms. The van der Waals surface area contributed by atoms with Crippen LogP contribution in [0.1, 0.15) is 24.2 Å². The van der Waals surface area contributed by atoms with E-state index in [0.29, 0.717) is 5.56 Å². The average Bonchev–Trinajstić information content (AvgIpc) is 2.59. The molecule has 0 aliphatic heterocycles. The number of aromatic amines is 1. The number of rotatable bonds is 3. The first-order valence-corrected chi connectivity index (χ1v) is 4.93. The van der Waals surface area contributed by atoms with Gasteiger partial charge in [0.2, 0.25) is 0 Å².